The summed E-state index contributed by atoms with van der Waals surface area (Å²) in [4.78, 5) is 4.10. The molecule has 3 rings (SSSR count). The van der Waals surface area contributed by atoms with Crippen LogP contribution in [-0.2, 0) is 4.74 Å². The quantitative estimate of drug-likeness (QED) is 0.875. The van der Waals surface area contributed by atoms with Gasteiger partial charge in [0, 0.05) is 35.8 Å². The second-order valence-corrected chi connectivity index (χ2v) is 4.70. The van der Waals surface area contributed by atoms with Crippen molar-refractivity contribution in [2.75, 3.05) is 11.9 Å². The van der Waals surface area contributed by atoms with E-state index in [1.54, 1.807) is 12.4 Å². The van der Waals surface area contributed by atoms with Crippen molar-refractivity contribution in [3.05, 3.63) is 24.7 Å². The average Bonchev–Trinajstić information content (AvgIpc) is 2.39. The van der Waals surface area contributed by atoms with E-state index in [1.807, 2.05) is 12.3 Å². The monoisotopic (exact) mass is 244 g/mol. The number of hydrogen-bond donors (Lipinski definition) is 1. The van der Waals surface area contributed by atoms with Gasteiger partial charge in [-0.2, -0.15) is 5.10 Å². The number of nitrogens with zero attached hydrogens (tertiary/aromatic N) is 3. The van der Waals surface area contributed by atoms with Gasteiger partial charge in [0.2, 0.25) is 0 Å². The van der Waals surface area contributed by atoms with Crippen LogP contribution >= 0.6 is 0 Å². The SMILES string of the molecule is CC1CC(Nc2nncc3cnccc23)CCO1. The summed E-state index contributed by atoms with van der Waals surface area (Å²) in [6.45, 7) is 2.91. The molecule has 18 heavy (non-hydrogen) atoms. The van der Waals surface area contributed by atoms with Gasteiger partial charge < -0.3 is 10.1 Å². The van der Waals surface area contributed by atoms with Gasteiger partial charge in [0.25, 0.3) is 0 Å². The molecule has 2 unspecified atom stereocenters. The molecule has 3 heterocycles. The number of aromatic nitrogens is 3. The molecule has 2 aromatic rings. The van der Waals surface area contributed by atoms with E-state index < -0.39 is 0 Å². The van der Waals surface area contributed by atoms with E-state index in [4.69, 9.17) is 4.74 Å². The summed E-state index contributed by atoms with van der Waals surface area (Å²) in [6.07, 6.45) is 7.64. The Morgan fingerprint density at radius 3 is 3.22 bits per heavy atom. The van der Waals surface area contributed by atoms with Gasteiger partial charge >= 0.3 is 0 Å². The predicted octanol–water partition coefficient (Wildman–Crippen LogP) is 2.00. The highest BCUT2D eigenvalue weighted by Gasteiger charge is 2.20. The fraction of sp³-hybridized carbons (Fsp3) is 0.462. The highest BCUT2D eigenvalue weighted by molar-refractivity contribution is 5.90. The zero-order valence-electron chi connectivity index (χ0n) is 10.3. The summed E-state index contributed by atoms with van der Waals surface area (Å²) in [7, 11) is 0. The average molecular weight is 244 g/mol. The van der Waals surface area contributed by atoms with Crippen molar-refractivity contribution in [1.29, 1.82) is 0 Å². The van der Waals surface area contributed by atoms with Gasteiger partial charge in [-0.3, -0.25) is 4.98 Å². The van der Waals surface area contributed by atoms with Crippen LogP contribution in [0.5, 0.6) is 0 Å². The number of fused-ring (bicyclic) bond motifs is 1. The summed E-state index contributed by atoms with van der Waals surface area (Å²) >= 11 is 0. The van der Waals surface area contributed by atoms with E-state index in [-0.39, 0.29) is 0 Å². The van der Waals surface area contributed by atoms with Crippen molar-refractivity contribution in [2.24, 2.45) is 0 Å². The molecule has 1 N–H and O–H groups in total. The minimum atomic E-state index is 0.306. The Morgan fingerprint density at radius 1 is 1.39 bits per heavy atom. The molecule has 94 valence electrons. The Balaban J connectivity index is 1.86. The molecule has 5 nitrogen and oxygen atoms in total. The van der Waals surface area contributed by atoms with Gasteiger partial charge in [0.05, 0.1) is 12.3 Å². The summed E-state index contributed by atoms with van der Waals surface area (Å²) < 4.78 is 5.55. The molecule has 2 aromatic heterocycles. The van der Waals surface area contributed by atoms with E-state index in [1.165, 1.54) is 0 Å². The molecule has 1 aliphatic rings. The molecular weight excluding hydrogens is 228 g/mol. The van der Waals surface area contributed by atoms with E-state index >= 15 is 0 Å². The molecule has 0 saturated carbocycles. The van der Waals surface area contributed by atoms with Crippen molar-refractivity contribution in [2.45, 2.75) is 31.9 Å². The first kappa shape index (κ1) is 11.3. The number of nitrogens with one attached hydrogen (secondary N) is 1. The molecule has 0 aliphatic carbocycles. The third-order valence-electron chi connectivity index (χ3n) is 3.29. The molecule has 1 saturated heterocycles. The van der Waals surface area contributed by atoms with Crippen LogP contribution in [0.25, 0.3) is 10.8 Å². The lowest BCUT2D eigenvalue weighted by atomic mass is 10.0. The zero-order valence-corrected chi connectivity index (χ0v) is 10.3. The summed E-state index contributed by atoms with van der Waals surface area (Å²) in [5, 5.41) is 13.8. The van der Waals surface area contributed by atoms with Gasteiger partial charge in [0.15, 0.2) is 5.82 Å². The maximum absolute atomic E-state index is 5.55. The van der Waals surface area contributed by atoms with E-state index in [2.05, 4.69) is 27.4 Å². The third-order valence-corrected chi connectivity index (χ3v) is 3.29. The molecule has 0 spiro atoms. The molecule has 0 bridgehead atoms. The van der Waals surface area contributed by atoms with E-state index in [9.17, 15) is 0 Å². The summed E-state index contributed by atoms with van der Waals surface area (Å²) in [5.74, 6) is 0.842. The fourth-order valence-electron chi connectivity index (χ4n) is 2.36. The van der Waals surface area contributed by atoms with Gasteiger partial charge in [0.1, 0.15) is 0 Å². The van der Waals surface area contributed by atoms with Gasteiger partial charge in [-0.25, -0.2) is 0 Å². The lowest BCUT2D eigenvalue weighted by Gasteiger charge is -2.28. The molecular formula is C13H16N4O. The molecule has 0 aromatic carbocycles. The van der Waals surface area contributed by atoms with Crippen LogP contribution in [0.3, 0.4) is 0 Å². The van der Waals surface area contributed by atoms with Crippen LogP contribution < -0.4 is 5.32 Å². The van der Waals surface area contributed by atoms with Gasteiger partial charge in [-0.1, -0.05) is 0 Å². The molecule has 0 amide bonds. The Bertz CT molecular complexity index is 540. The van der Waals surface area contributed by atoms with Crippen LogP contribution in [0, 0.1) is 0 Å². The first-order valence-corrected chi connectivity index (χ1v) is 6.26. The Kier molecular flexibility index (Phi) is 3.06. The lowest BCUT2D eigenvalue weighted by Crippen LogP contribution is -2.32. The fourth-order valence-corrected chi connectivity index (χ4v) is 2.36. The highest BCUT2D eigenvalue weighted by atomic mass is 16.5. The lowest BCUT2D eigenvalue weighted by molar-refractivity contribution is 0.0232. The number of hydrogen-bond acceptors (Lipinski definition) is 5. The summed E-state index contributed by atoms with van der Waals surface area (Å²) in [6, 6.07) is 2.37. The van der Waals surface area contributed by atoms with Gasteiger partial charge in [-0.05, 0) is 25.8 Å². The zero-order chi connectivity index (χ0) is 12.4. The normalized spacial score (nSPS) is 24.1. The second kappa shape index (κ2) is 4.86. The van der Waals surface area contributed by atoms with Crippen LogP contribution in [-0.4, -0.2) is 33.9 Å². The smallest absolute Gasteiger partial charge is 0.156 e. The van der Waals surface area contributed by atoms with Crippen molar-refractivity contribution in [3.8, 4) is 0 Å². The number of rotatable bonds is 2. The highest BCUT2D eigenvalue weighted by Crippen LogP contribution is 2.22. The predicted molar refractivity (Wildman–Crippen MR) is 69.4 cm³/mol. The van der Waals surface area contributed by atoms with Crippen molar-refractivity contribution < 1.29 is 4.74 Å². The summed E-state index contributed by atoms with van der Waals surface area (Å²) in [5.41, 5.74) is 0. The minimum Gasteiger partial charge on any atom is -0.378 e. The van der Waals surface area contributed by atoms with Crippen LogP contribution in [0.15, 0.2) is 24.7 Å². The standard InChI is InChI=1S/C13H16N4O/c1-9-6-11(3-5-18-9)16-13-12-2-4-14-7-10(12)8-15-17-13/h2,4,7-9,11H,3,5-6H2,1H3,(H,16,17). The maximum Gasteiger partial charge on any atom is 0.156 e. The molecule has 2 atom stereocenters. The molecule has 1 fully saturated rings. The van der Waals surface area contributed by atoms with Crippen LogP contribution in [0.1, 0.15) is 19.8 Å². The number of pyridine rings is 1. The second-order valence-electron chi connectivity index (χ2n) is 4.70. The van der Waals surface area contributed by atoms with Crippen LogP contribution in [0.2, 0.25) is 0 Å². The van der Waals surface area contributed by atoms with Crippen molar-refractivity contribution >= 4 is 16.6 Å². The van der Waals surface area contributed by atoms with Crippen molar-refractivity contribution in [3.63, 3.8) is 0 Å². The topological polar surface area (TPSA) is 59.9 Å². The van der Waals surface area contributed by atoms with E-state index in [0.29, 0.717) is 12.1 Å². The maximum atomic E-state index is 5.55. The minimum absolute atomic E-state index is 0.306. The van der Waals surface area contributed by atoms with Gasteiger partial charge in [-0.15, -0.1) is 5.10 Å². The third kappa shape index (κ3) is 2.26. The largest absolute Gasteiger partial charge is 0.378 e. The first-order chi connectivity index (χ1) is 8.83. The Hall–Kier alpha value is -1.75. The van der Waals surface area contributed by atoms with Crippen LogP contribution in [0.4, 0.5) is 5.82 Å². The van der Waals surface area contributed by atoms with Crippen molar-refractivity contribution in [1.82, 2.24) is 15.2 Å². The molecule has 0 radical (unpaired) electrons. The molecule has 1 aliphatic heterocycles. The molecule has 5 heteroatoms. The Labute approximate surface area is 106 Å². The van der Waals surface area contributed by atoms with E-state index in [0.717, 1.165) is 36.0 Å². The first-order valence-electron chi connectivity index (χ1n) is 6.26. The number of ether oxygens (including phenoxy) is 1. The Morgan fingerprint density at radius 2 is 2.33 bits per heavy atom. The number of anilines is 1.